The van der Waals surface area contributed by atoms with Gasteiger partial charge in [-0.2, -0.15) is 11.8 Å². The number of anilines is 1. The fraction of sp³-hybridized carbons (Fsp3) is 0.400. The molecule has 13 heavy (non-hydrogen) atoms. The standard InChI is InChI=1S/C10H15NOS/c11-10-4-2-1-3-9(10)5-7-13-8-6-12/h1-4,12H,5-8,11H2. The molecule has 0 aromatic heterocycles. The van der Waals surface area contributed by atoms with Crippen molar-refractivity contribution in [3.05, 3.63) is 29.8 Å². The predicted molar refractivity (Wildman–Crippen MR) is 59.0 cm³/mol. The van der Waals surface area contributed by atoms with Crippen molar-refractivity contribution in [2.24, 2.45) is 0 Å². The molecule has 2 nitrogen and oxygen atoms in total. The van der Waals surface area contributed by atoms with Crippen LogP contribution in [-0.4, -0.2) is 23.2 Å². The Morgan fingerprint density at radius 3 is 2.69 bits per heavy atom. The van der Waals surface area contributed by atoms with E-state index in [0.717, 1.165) is 23.6 Å². The largest absolute Gasteiger partial charge is 0.399 e. The molecule has 0 atom stereocenters. The Kier molecular flexibility index (Phi) is 4.72. The number of hydrogen-bond donors (Lipinski definition) is 2. The predicted octanol–water partition coefficient (Wildman–Crippen LogP) is 1.54. The van der Waals surface area contributed by atoms with Gasteiger partial charge in [0.25, 0.3) is 0 Å². The molecule has 0 bridgehead atoms. The van der Waals surface area contributed by atoms with Gasteiger partial charge in [-0.15, -0.1) is 0 Å². The van der Waals surface area contributed by atoms with E-state index in [1.165, 1.54) is 5.56 Å². The molecular weight excluding hydrogens is 182 g/mol. The first-order valence-electron chi connectivity index (χ1n) is 4.36. The maximum atomic E-state index is 8.57. The van der Waals surface area contributed by atoms with E-state index in [-0.39, 0.29) is 6.61 Å². The smallest absolute Gasteiger partial charge is 0.0521 e. The molecule has 0 fully saturated rings. The molecule has 1 rings (SSSR count). The molecule has 1 aromatic carbocycles. The molecular formula is C10H15NOS. The fourth-order valence-corrected chi connectivity index (χ4v) is 1.81. The van der Waals surface area contributed by atoms with Crippen LogP contribution in [0.2, 0.25) is 0 Å². The third kappa shape index (κ3) is 3.70. The highest BCUT2D eigenvalue weighted by molar-refractivity contribution is 7.99. The molecule has 0 aliphatic carbocycles. The summed E-state index contributed by atoms with van der Waals surface area (Å²) in [5.41, 5.74) is 7.85. The monoisotopic (exact) mass is 197 g/mol. The van der Waals surface area contributed by atoms with Gasteiger partial charge >= 0.3 is 0 Å². The number of rotatable bonds is 5. The second-order valence-electron chi connectivity index (χ2n) is 2.78. The molecule has 0 saturated carbocycles. The maximum absolute atomic E-state index is 8.57. The van der Waals surface area contributed by atoms with Gasteiger partial charge < -0.3 is 10.8 Å². The minimum atomic E-state index is 0.259. The van der Waals surface area contributed by atoms with Gasteiger partial charge in [-0.1, -0.05) is 18.2 Å². The molecule has 0 radical (unpaired) electrons. The van der Waals surface area contributed by atoms with Crippen LogP contribution >= 0.6 is 11.8 Å². The molecule has 0 amide bonds. The average molecular weight is 197 g/mol. The summed E-state index contributed by atoms with van der Waals surface area (Å²) in [6.07, 6.45) is 0.983. The lowest BCUT2D eigenvalue weighted by molar-refractivity contribution is 0.322. The summed E-state index contributed by atoms with van der Waals surface area (Å²) in [4.78, 5) is 0. The van der Waals surface area contributed by atoms with Gasteiger partial charge in [-0.05, 0) is 23.8 Å². The first kappa shape index (κ1) is 10.4. The first-order chi connectivity index (χ1) is 6.34. The molecule has 0 saturated heterocycles. The number of nitrogen functional groups attached to an aromatic ring is 1. The Morgan fingerprint density at radius 1 is 1.23 bits per heavy atom. The van der Waals surface area contributed by atoms with Crippen LogP contribution in [0.4, 0.5) is 5.69 Å². The van der Waals surface area contributed by atoms with E-state index in [1.54, 1.807) is 11.8 Å². The topological polar surface area (TPSA) is 46.2 Å². The van der Waals surface area contributed by atoms with E-state index in [1.807, 2.05) is 18.2 Å². The summed E-state index contributed by atoms with van der Waals surface area (Å²) >= 11 is 1.75. The third-order valence-electron chi connectivity index (χ3n) is 1.81. The fourth-order valence-electron chi connectivity index (χ4n) is 1.11. The van der Waals surface area contributed by atoms with Crippen molar-refractivity contribution in [2.45, 2.75) is 6.42 Å². The quantitative estimate of drug-likeness (QED) is 0.556. The zero-order valence-corrected chi connectivity index (χ0v) is 8.39. The van der Waals surface area contributed by atoms with Gasteiger partial charge in [0.15, 0.2) is 0 Å². The van der Waals surface area contributed by atoms with Crippen molar-refractivity contribution in [2.75, 3.05) is 23.8 Å². The highest BCUT2D eigenvalue weighted by Gasteiger charge is 1.96. The highest BCUT2D eigenvalue weighted by Crippen LogP contribution is 2.13. The van der Waals surface area contributed by atoms with Crippen molar-refractivity contribution in [1.29, 1.82) is 0 Å². The number of thioether (sulfide) groups is 1. The summed E-state index contributed by atoms with van der Waals surface area (Å²) < 4.78 is 0. The third-order valence-corrected chi connectivity index (χ3v) is 2.77. The van der Waals surface area contributed by atoms with E-state index in [4.69, 9.17) is 10.8 Å². The summed E-state index contributed by atoms with van der Waals surface area (Å²) in [6, 6.07) is 7.92. The normalized spacial score (nSPS) is 10.2. The van der Waals surface area contributed by atoms with E-state index in [0.29, 0.717) is 0 Å². The number of para-hydroxylation sites is 1. The lowest BCUT2D eigenvalue weighted by Crippen LogP contribution is -1.97. The van der Waals surface area contributed by atoms with E-state index < -0.39 is 0 Å². The van der Waals surface area contributed by atoms with Crippen molar-refractivity contribution in [1.82, 2.24) is 0 Å². The van der Waals surface area contributed by atoms with Crippen LogP contribution in [-0.2, 0) is 6.42 Å². The molecule has 72 valence electrons. The Hall–Kier alpha value is -0.670. The van der Waals surface area contributed by atoms with Crippen LogP contribution in [0.5, 0.6) is 0 Å². The van der Waals surface area contributed by atoms with Crippen molar-refractivity contribution in [3.63, 3.8) is 0 Å². The lowest BCUT2D eigenvalue weighted by Gasteiger charge is -2.03. The Balaban J connectivity index is 2.32. The zero-order valence-electron chi connectivity index (χ0n) is 7.57. The molecule has 0 heterocycles. The zero-order chi connectivity index (χ0) is 9.52. The van der Waals surface area contributed by atoms with Crippen LogP contribution < -0.4 is 5.73 Å². The van der Waals surface area contributed by atoms with Crippen molar-refractivity contribution >= 4 is 17.4 Å². The highest BCUT2D eigenvalue weighted by atomic mass is 32.2. The molecule has 0 aliphatic heterocycles. The molecule has 0 aliphatic rings. The SMILES string of the molecule is Nc1ccccc1CCSCCO. The molecule has 3 heteroatoms. The number of hydrogen-bond acceptors (Lipinski definition) is 3. The lowest BCUT2D eigenvalue weighted by atomic mass is 10.1. The second kappa shape index (κ2) is 5.89. The average Bonchev–Trinajstić information content (AvgIpc) is 2.15. The maximum Gasteiger partial charge on any atom is 0.0521 e. The first-order valence-corrected chi connectivity index (χ1v) is 5.52. The molecule has 0 unspecified atom stereocenters. The number of nitrogens with two attached hydrogens (primary N) is 1. The van der Waals surface area contributed by atoms with Gasteiger partial charge in [0.05, 0.1) is 6.61 Å². The Labute approximate surface area is 83.1 Å². The number of aliphatic hydroxyl groups is 1. The van der Waals surface area contributed by atoms with Crippen LogP contribution in [0.1, 0.15) is 5.56 Å². The number of benzene rings is 1. The summed E-state index contributed by atoms with van der Waals surface area (Å²) in [5.74, 6) is 1.83. The number of aliphatic hydroxyl groups excluding tert-OH is 1. The molecule has 0 spiro atoms. The van der Waals surface area contributed by atoms with Gasteiger partial charge in [-0.25, -0.2) is 0 Å². The summed E-state index contributed by atoms with van der Waals surface area (Å²) in [5, 5.41) is 8.57. The Morgan fingerprint density at radius 2 is 2.00 bits per heavy atom. The molecule has 1 aromatic rings. The van der Waals surface area contributed by atoms with Gasteiger partial charge in [0.2, 0.25) is 0 Å². The van der Waals surface area contributed by atoms with Crippen LogP contribution in [0.15, 0.2) is 24.3 Å². The molecule has 3 N–H and O–H groups in total. The van der Waals surface area contributed by atoms with E-state index >= 15 is 0 Å². The van der Waals surface area contributed by atoms with Gasteiger partial charge in [0, 0.05) is 11.4 Å². The van der Waals surface area contributed by atoms with Gasteiger partial charge in [-0.3, -0.25) is 0 Å². The minimum Gasteiger partial charge on any atom is -0.399 e. The second-order valence-corrected chi connectivity index (χ2v) is 4.01. The summed E-state index contributed by atoms with van der Waals surface area (Å²) in [7, 11) is 0. The van der Waals surface area contributed by atoms with Crippen molar-refractivity contribution < 1.29 is 5.11 Å². The van der Waals surface area contributed by atoms with E-state index in [2.05, 4.69) is 6.07 Å². The van der Waals surface area contributed by atoms with Gasteiger partial charge in [0.1, 0.15) is 0 Å². The van der Waals surface area contributed by atoms with Crippen LogP contribution in [0.3, 0.4) is 0 Å². The number of aryl methyl sites for hydroxylation is 1. The Bertz CT molecular complexity index is 252. The van der Waals surface area contributed by atoms with Crippen molar-refractivity contribution in [3.8, 4) is 0 Å². The summed E-state index contributed by atoms with van der Waals surface area (Å²) in [6.45, 7) is 0.259. The van der Waals surface area contributed by atoms with Crippen LogP contribution in [0.25, 0.3) is 0 Å². The van der Waals surface area contributed by atoms with Crippen LogP contribution in [0, 0.1) is 0 Å². The van der Waals surface area contributed by atoms with E-state index in [9.17, 15) is 0 Å². The minimum absolute atomic E-state index is 0.259.